The lowest BCUT2D eigenvalue weighted by Crippen LogP contribution is -2.46. The Morgan fingerprint density at radius 3 is 2.54 bits per heavy atom. The summed E-state index contributed by atoms with van der Waals surface area (Å²) in [7, 11) is 0. The first-order valence-electron chi connectivity index (χ1n) is 8.02. The summed E-state index contributed by atoms with van der Waals surface area (Å²) < 4.78 is 5.24. The smallest absolute Gasteiger partial charge is 0.407 e. The maximum atomic E-state index is 12.3. The van der Waals surface area contributed by atoms with Crippen molar-refractivity contribution in [2.75, 3.05) is 13.1 Å². The lowest BCUT2D eigenvalue weighted by Gasteiger charge is -2.31. The van der Waals surface area contributed by atoms with Crippen molar-refractivity contribution in [1.29, 1.82) is 0 Å². The number of carbonyl (C=O) groups is 2. The first-order valence-corrected chi connectivity index (χ1v) is 8.90. The van der Waals surface area contributed by atoms with Gasteiger partial charge in [0.2, 0.25) is 0 Å². The molecular formula is C18H20N2O3S. The zero-order chi connectivity index (χ0) is 16.8. The van der Waals surface area contributed by atoms with Crippen LogP contribution in [0.15, 0.2) is 47.8 Å². The summed E-state index contributed by atoms with van der Waals surface area (Å²) in [5.41, 5.74) is 0.962. The molecule has 1 aliphatic heterocycles. The number of piperidine rings is 1. The molecule has 5 nitrogen and oxygen atoms in total. The number of likely N-dealkylation sites (tertiary alicyclic amines) is 1. The fourth-order valence-electron chi connectivity index (χ4n) is 2.71. The fraction of sp³-hybridized carbons (Fsp3) is 0.333. The number of carbonyl (C=O) groups excluding carboxylic acids is 2. The molecule has 1 aliphatic rings. The van der Waals surface area contributed by atoms with Crippen LogP contribution in [0.1, 0.15) is 28.1 Å². The average Bonchev–Trinajstić information content (AvgIpc) is 3.16. The summed E-state index contributed by atoms with van der Waals surface area (Å²) in [6.45, 7) is 1.57. The molecule has 1 fully saturated rings. The normalized spacial score (nSPS) is 15.1. The molecule has 126 valence electrons. The number of benzene rings is 1. The maximum Gasteiger partial charge on any atom is 0.407 e. The number of rotatable bonds is 4. The minimum Gasteiger partial charge on any atom is -0.445 e. The van der Waals surface area contributed by atoms with Crippen LogP contribution in [-0.2, 0) is 11.3 Å². The minimum absolute atomic E-state index is 0.0562. The molecule has 0 atom stereocenters. The Balaban J connectivity index is 1.40. The molecular weight excluding hydrogens is 324 g/mol. The predicted molar refractivity (Wildman–Crippen MR) is 93.0 cm³/mol. The van der Waals surface area contributed by atoms with Crippen LogP contribution in [0.2, 0.25) is 0 Å². The van der Waals surface area contributed by atoms with E-state index in [9.17, 15) is 9.59 Å². The van der Waals surface area contributed by atoms with Gasteiger partial charge in [-0.3, -0.25) is 4.79 Å². The van der Waals surface area contributed by atoms with E-state index in [0.29, 0.717) is 13.1 Å². The molecule has 0 radical (unpaired) electrons. The van der Waals surface area contributed by atoms with Crippen LogP contribution in [0.3, 0.4) is 0 Å². The highest BCUT2D eigenvalue weighted by Gasteiger charge is 2.25. The van der Waals surface area contributed by atoms with Crippen molar-refractivity contribution >= 4 is 23.3 Å². The summed E-state index contributed by atoms with van der Waals surface area (Å²) in [5.74, 6) is 0.0788. The minimum atomic E-state index is -0.401. The van der Waals surface area contributed by atoms with E-state index >= 15 is 0 Å². The van der Waals surface area contributed by atoms with Gasteiger partial charge in [0.15, 0.2) is 0 Å². The number of amides is 2. The topological polar surface area (TPSA) is 58.6 Å². The molecule has 0 saturated carbocycles. The summed E-state index contributed by atoms with van der Waals surface area (Å²) in [6.07, 6.45) is 1.09. The summed E-state index contributed by atoms with van der Waals surface area (Å²) in [4.78, 5) is 26.8. The van der Waals surface area contributed by atoms with Crippen molar-refractivity contribution in [2.45, 2.75) is 25.5 Å². The number of thiophene rings is 1. The number of hydrogen-bond acceptors (Lipinski definition) is 4. The Bertz CT molecular complexity index is 665. The van der Waals surface area contributed by atoms with Crippen molar-refractivity contribution in [2.24, 2.45) is 0 Å². The van der Waals surface area contributed by atoms with E-state index in [2.05, 4.69) is 5.32 Å². The van der Waals surface area contributed by atoms with Gasteiger partial charge in [-0.05, 0) is 29.9 Å². The molecule has 1 aromatic carbocycles. The zero-order valence-corrected chi connectivity index (χ0v) is 14.1. The largest absolute Gasteiger partial charge is 0.445 e. The third-order valence-electron chi connectivity index (χ3n) is 4.05. The van der Waals surface area contributed by atoms with E-state index in [1.54, 1.807) is 0 Å². The SMILES string of the molecule is O=C(NC1CCN(C(=O)c2cccs2)CC1)OCc1ccccc1. The number of hydrogen-bond donors (Lipinski definition) is 1. The van der Waals surface area contributed by atoms with Crippen molar-refractivity contribution in [1.82, 2.24) is 10.2 Å². The molecule has 0 aliphatic carbocycles. The van der Waals surface area contributed by atoms with Gasteiger partial charge in [-0.1, -0.05) is 36.4 Å². The molecule has 2 amide bonds. The van der Waals surface area contributed by atoms with Crippen LogP contribution in [0.4, 0.5) is 4.79 Å². The van der Waals surface area contributed by atoms with Gasteiger partial charge in [-0.25, -0.2) is 4.79 Å². The number of ether oxygens (including phenoxy) is 1. The van der Waals surface area contributed by atoms with Gasteiger partial charge in [-0.15, -0.1) is 11.3 Å². The van der Waals surface area contributed by atoms with Gasteiger partial charge in [-0.2, -0.15) is 0 Å². The summed E-state index contributed by atoms with van der Waals surface area (Å²) >= 11 is 1.46. The van der Waals surface area contributed by atoms with Crippen LogP contribution in [0.25, 0.3) is 0 Å². The number of nitrogens with zero attached hydrogens (tertiary/aromatic N) is 1. The van der Waals surface area contributed by atoms with E-state index in [1.807, 2.05) is 52.7 Å². The van der Waals surface area contributed by atoms with Crippen molar-refractivity contribution in [3.63, 3.8) is 0 Å². The second kappa shape index (κ2) is 7.97. The molecule has 24 heavy (non-hydrogen) atoms. The third-order valence-corrected chi connectivity index (χ3v) is 4.91. The molecule has 1 N–H and O–H groups in total. The van der Waals surface area contributed by atoms with Crippen LogP contribution in [0.5, 0.6) is 0 Å². The van der Waals surface area contributed by atoms with Crippen LogP contribution in [-0.4, -0.2) is 36.0 Å². The highest BCUT2D eigenvalue weighted by molar-refractivity contribution is 7.12. The van der Waals surface area contributed by atoms with Gasteiger partial charge in [0.05, 0.1) is 4.88 Å². The van der Waals surface area contributed by atoms with Gasteiger partial charge in [0, 0.05) is 19.1 Å². The number of alkyl carbamates (subject to hydrolysis) is 1. The van der Waals surface area contributed by atoms with Gasteiger partial charge < -0.3 is 15.0 Å². The fourth-order valence-corrected chi connectivity index (χ4v) is 3.41. The first-order chi connectivity index (χ1) is 11.7. The Morgan fingerprint density at radius 2 is 1.88 bits per heavy atom. The van der Waals surface area contributed by atoms with E-state index in [1.165, 1.54) is 11.3 Å². The highest BCUT2D eigenvalue weighted by Crippen LogP contribution is 2.17. The predicted octanol–water partition coefficient (Wildman–Crippen LogP) is 3.28. The van der Waals surface area contributed by atoms with Gasteiger partial charge in [0.25, 0.3) is 5.91 Å². The Kier molecular flexibility index (Phi) is 5.48. The first kappa shape index (κ1) is 16.5. The molecule has 2 aromatic rings. The van der Waals surface area contributed by atoms with E-state index < -0.39 is 6.09 Å². The zero-order valence-electron chi connectivity index (χ0n) is 13.3. The van der Waals surface area contributed by atoms with Crippen LogP contribution in [0, 0.1) is 0 Å². The average molecular weight is 344 g/mol. The van der Waals surface area contributed by atoms with Crippen LogP contribution < -0.4 is 5.32 Å². The monoisotopic (exact) mass is 344 g/mol. The Labute approximate surface area is 145 Å². The van der Waals surface area contributed by atoms with Crippen molar-refractivity contribution < 1.29 is 14.3 Å². The highest BCUT2D eigenvalue weighted by atomic mass is 32.1. The van der Waals surface area contributed by atoms with Crippen molar-refractivity contribution in [3.8, 4) is 0 Å². The van der Waals surface area contributed by atoms with Gasteiger partial charge >= 0.3 is 6.09 Å². The second-order valence-electron chi connectivity index (χ2n) is 5.75. The summed E-state index contributed by atoms with van der Waals surface area (Å²) in [5, 5.41) is 4.79. The lowest BCUT2D eigenvalue weighted by atomic mass is 10.1. The molecule has 1 saturated heterocycles. The number of nitrogens with one attached hydrogen (secondary N) is 1. The van der Waals surface area contributed by atoms with E-state index in [0.717, 1.165) is 23.3 Å². The lowest BCUT2D eigenvalue weighted by molar-refractivity contribution is 0.0705. The molecule has 0 spiro atoms. The van der Waals surface area contributed by atoms with E-state index in [4.69, 9.17) is 4.74 Å². The molecule has 2 heterocycles. The third kappa shape index (κ3) is 4.35. The molecule has 0 bridgehead atoms. The Hall–Kier alpha value is -2.34. The Morgan fingerprint density at radius 1 is 1.12 bits per heavy atom. The van der Waals surface area contributed by atoms with Gasteiger partial charge in [0.1, 0.15) is 6.61 Å². The maximum absolute atomic E-state index is 12.3. The van der Waals surface area contributed by atoms with E-state index in [-0.39, 0.29) is 18.6 Å². The molecule has 0 unspecified atom stereocenters. The quantitative estimate of drug-likeness (QED) is 0.926. The second-order valence-corrected chi connectivity index (χ2v) is 6.70. The molecule has 6 heteroatoms. The molecule has 1 aromatic heterocycles. The molecule has 3 rings (SSSR count). The van der Waals surface area contributed by atoms with Crippen LogP contribution >= 0.6 is 11.3 Å². The van der Waals surface area contributed by atoms with Crippen molar-refractivity contribution in [3.05, 3.63) is 58.3 Å². The standard InChI is InChI=1S/C18H20N2O3S/c21-17(16-7-4-12-24-16)20-10-8-15(9-11-20)19-18(22)23-13-14-5-2-1-3-6-14/h1-7,12,15H,8-11,13H2,(H,19,22). The summed E-state index contributed by atoms with van der Waals surface area (Å²) in [6, 6.07) is 13.4.